The molecule has 1 aromatic heterocycles. The summed E-state index contributed by atoms with van der Waals surface area (Å²) in [7, 11) is 1.89. The molecule has 0 amide bonds. The molecule has 5 nitrogen and oxygen atoms in total. The van der Waals surface area contributed by atoms with Crippen molar-refractivity contribution < 1.29 is 4.74 Å². The number of halogens is 1. The van der Waals surface area contributed by atoms with Crippen molar-refractivity contribution in [3.05, 3.63) is 22.4 Å². The molecule has 2 saturated heterocycles. The van der Waals surface area contributed by atoms with Crippen LogP contribution in [0.15, 0.2) is 22.5 Å². The third kappa shape index (κ3) is 5.98. The molecular formula is C18H31IN4OS2. The molecule has 0 saturated carbocycles. The number of guanidine groups is 1. The standard InChI is InChI=1S/C18H30N4OS2.HI/c1-18(2)14-22(8-12-25-18)17(19-3)20-13-15(16-5-4-11-24-16)21-6-9-23-10-7-21;/h4-5,11,15H,6-10,12-14H2,1-3H3,(H,19,20);1H. The molecule has 1 aromatic rings. The second kappa shape index (κ2) is 10.5. The first-order chi connectivity index (χ1) is 12.1. The van der Waals surface area contributed by atoms with Crippen LogP contribution in [0.1, 0.15) is 24.8 Å². The molecule has 0 aliphatic carbocycles. The molecule has 1 unspecified atom stereocenters. The smallest absolute Gasteiger partial charge is 0.193 e. The number of hydrogen-bond acceptors (Lipinski definition) is 5. The lowest BCUT2D eigenvalue weighted by atomic mass is 10.1. The van der Waals surface area contributed by atoms with Gasteiger partial charge in [0, 0.05) is 55.1 Å². The predicted octanol–water partition coefficient (Wildman–Crippen LogP) is 3.14. The minimum Gasteiger partial charge on any atom is -0.379 e. The fourth-order valence-electron chi connectivity index (χ4n) is 3.50. The summed E-state index contributed by atoms with van der Waals surface area (Å²) in [5.41, 5.74) is 0. The van der Waals surface area contributed by atoms with Crippen LogP contribution in [0.3, 0.4) is 0 Å². The highest BCUT2D eigenvalue weighted by molar-refractivity contribution is 14.0. The third-order valence-electron chi connectivity index (χ3n) is 4.75. The van der Waals surface area contributed by atoms with E-state index < -0.39 is 0 Å². The lowest BCUT2D eigenvalue weighted by Gasteiger charge is -2.40. The maximum Gasteiger partial charge on any atom is 0.193 e. The highest BCUT2D eigenvalue weighted by Gasteiger charge is 2.30. The number of thiophene rings is 1. The summed E-state index contributed by atoms with van der Waals surface area (Å²) in [6.07, 6.45) is 0. The Morgan fingerprint density at radius 3 is 2.73 bits per heavy atom. The SMILES string of the molecule is CN=C(NCC(c1cccs1)N1CCOCC1)N1CCSC(C)(C)C1.I. The minimum absolute atomic E-state index is 0. The van der Waals surface area contributed by atoms with E-state index in [1.807, 2.05) is 18.4 Å². The van der Waals surface area contributed by atoms with Gasteiger partial charge in [-0.15, -0.1) is 35.3 Å². The summed E-state index contributed by atoms with van der Waals surface area (Å²) in [5, 5.41) is 5.82. The van der Waals surface area contributed by atoms with Crippen LogP contribution in [-0.2, 0) is 4.74 Å². The molecule has 0 aromatic carbocycles. The van der Waals surface area contributed by atoms with Crippen molar-refractivity contribution in [1.82, 2.24) is 15.1 Å². The summed E-state index contributed by atoms with van der Waals surface area (Å²) >= 11 is 3.89. The Bertz CT molecular complexity index is 562. The summed E-state index contributed by atoms with van der Waals surface area (Å²) in [5.74, 6) is 2.19. The van der Waals surface area contributed by atoms with Crippen LogP contribution in [0.5, 0.6) is 0 Å². The minimum atomic E-state index is 0. The number of thioether (sulfide) groups is 1. The first kappa shape index (κ1) is 22.3. The molecule has 2 aliphatic heterocycles. The van der Waals surface area contributed by atoms with Crippen LogP contribution in [0.2, 0.25) is 0 Å². The average Bonchev–Trinajstić information content (AvgIpc) is 3.13. The Hall–Kier alpha value is -0.0300. The number of morpholine rings is 1. The van der Waals surface area contributed by atoms with E-state index in [9.17, 15) is 0 Å². The van der Waals surface area contributed by atoms with Crippen LogP contribution in [-0.4, -0.2) is 79.2 Å². The number of rotatable bonds is 4. The van der Waals surface area contributed by atoms with Gasteiger partial charge >= 0.3 is 0 Å². The second-order valence-corrected chi connectivity index (χ2v) is 9.92. The largest absolute Gasteiger partial charge is 0.379 e. The highest BCUT2D eigenvalue weighted by atomic mass is 127. The van der Waals surface area contributed by atoms with Crippen LogP contribution in [0.4, 0.5) is 0 Å². The van der Waals surface area contributed by atoms with E-state index in [0.717, 1.165) is 57.6 Å². The van der Waals surface area contributed by atoms with Crippen LogP contribution in [0, 0.1) is 0 Å². The maximum atomic E-state index is 5.54. The Morgan fingerprint density at radius 2 is 2.12 bits per heavy atom. The first-order valence-corrected chi connectivity index (χ1v) is 10.9. The van der Waals surface area contributed by atoms with Gasteiger partial charge in [-0.3, -0.25) is 9.89 Å². The zero-order chi connectivity index (χ0) is 17.7. The molecule has 0 bridgehead atoms. The molecule has 3 rings (SSSR count). The molecular weight excluding hydrogens is 479 g/mol. The molecule has 2 fully saturated rings. The molecule has 148 valence electrons. The van der Waals surface area contributed by atoms with Gasteiger partial charge in [0.05, 0.1) is 19.3 Å². The van der Waals surface area contributed by atoms with Crippen molar-refractivity contribution in [1.29, 1.82) is 0 Å². The number of ether oxygens (including phenoxy) is 1. The zero-order valence-corrected chi connectivity index (χ0v) is 19.9. The fourth-order valence-corrected chi connectivity index (χ4v) is 5.47. The van der Waals surface area contributed by atoms with Gasteiger partial charge in [-0.2, -0.15) is 11.8 Å². The Balaban J connectivity index is 0.00000243. The fraction of sp³-hybridized carbons (Fsp3) is 0.722. The van der Waals surface area contributed by atoms with Gasteiger partial charge < -0.3 is 15.0 Å². The van der Waals surface area contributed by atoms with E-state index in [0.29, 0.717) is 6.04 Å². The topological polar surface area (TPSA) is 40.1 Å². The summed E-state index contributed by atoms with van der Waals surface area (Å²) in [6.45, 7) is 11.3. The molecule has 2 aliphatic rings. The second-order valence-electron chi connectivity index (χ2n) is 7.14. The van der Waals surface area contributed by atoms with Crippen molar-refractivity contribution in [2.75, 3.05) is 58.7 Å². The first-order valence-electron chi connectivity index (χ1n) is 9.04. The lowest BCUT2D eigenvalue weighted by molar-refractivity contribution is 0.0176. The van der Waals surface area contributed by atoms with Crippen LogP contribution >= 0.6 is 47.1 Å². The molecule has 26 heavy (non-hydrogen) atoms. The molecule has 3 heterocycles. The van der Waals surface area contributed by atoms with Crippen molar-refractivity contribution in [2.24, 2.45) is 4.99 Å². The number of aliphatic imine (C=N–C) groups is 1. The molecule has 1 N–H and O–H groups in total. The van der Waals surface area contributed by atoms with E-state index in [2.05, 4.69) is 63.2 Å². The number of nitrogens with zero attached hydrogens (tertiary/aromatic N) is 3. The van der Waals surface area contributed by atoms with Gasteiger partial charge in [0.2, 0.25) is 0 Å². The molecule has 0 radical (unpaired) electrons. The monoisotopic (exact) mass is 510 g/mol. The molecule has 1 atom stereocenters. The van der Waals surface area contributed by atoms with Gasteiger partial charge in [0.25, 0.3) is 0 Å². The van der Waals surface area contributed by atoms with Crippen LogP contribution in [0.25, 0.3) is 0 Å². The Morgan fingerprint density at radius 1 is 1.35 bits per heavy atom. The summed E-state index contributed by atoms with van der Waals surface area (Å²) in [4.78, 5) is 10.9. The quantitative estimate of drug-likeness (QED) is 0.383. The predicted molar refractivity (Wildman–Crippen MR) is 124 cm³/mol. The van der Waals surface area contributed by atoms with Gasteiger partial charge in [-0.05, 0) is 25.3 Å². The normalized spacial score (nSPS) is 22.6. The molecule has 0 spiro atoms. The third-order valence-corrected chi connectivity index (χ3v) is 7.02. The summed E-state index contributed by atoms with van der Waals surface area (Å²) in [6, 6.07) is 4.77. The van der Waals surface area contributed by atoms with E-state index in [1.54, 1.807) is 0 Å². The van der Waals surface area contributed by atoms with Gasteiger partial charge in [0.1, 0.15) is 0 Å². The number of nitrogens with one attached hydrogen (secondary N) is 1. The zero-order valence-electron chi connectivity index (χ0n) is 15.9. The number of hydrogen-bond donors (Lipinski definition) is 1. The highest BCUT2D eigenvalue weighted by Crippen LogP contribution is 2.30. The molecule has 8 heteroatoms. The van der Waals surface area contributed by atoms with E-state index >= 15 is 0 Å². The van der Waals surface area contributed by atoms with Crippen molar-refractivity contribution in [3.8, 4) is 0 Å². The Labute approximate surface area is 183 Å². The van der Waals surface area contributed by atoms with Crippen molar-refractivity contribution in [3.63, 3.8) is 0 Å². The average molecular weight is 511 g/mol. The summed E-state index contributed by atoms with van der Waals surface area (Å²) < 4.78 is 5.82. The van der Waals surface area contributed by atoms with Crippen molar-refractivity contribution in [2.45, 2.75) is 24.6 Å². The van der Waals surface area contributed by atoms with Gasteiger partial charge in [0.15, 0.2) is 5.96 Å². The van der Waals surface area contributed by atoms with Gasteiger partial charge in [-0.1, -0.05) is 6.07 Å². The Kier molecular flexibility index (Phi) is 8.99. The van der Waals surface area contributed by atoms with E-state index in [-0.39, 0.29) is 28.7 Å². The lowest BCUT2D eigenvalue weighted by Crippen LogP contribution is -2.52. The maximum absolute atomic E-state index is 5.54. The van der Waals surface area contributed by atoms with E-state index in [4.69, 9.17) is 4.74 Å². The van der Waals surface area contributed by atoms with Crippen LogP contribution < -0.4 is 5.32 Å². The van der Waals surface area contributed by atoms with Crippen molar-refractivity contribution >= 4 is 53.0 Å². The van der Waals surface area contributed by atoms with E-state index in [1.165, 1.54) is 4.88 Å². The van der Waals surface area contributed by atoms with Gasteiger partial charge in [-0.25, -0.2) is 0 Å².